The lowest BCUT2D eigenvalue weighted by Crippen LogP contribution is -2.24. The van der Waals surface area contributed by atoms with Gasteiger partial charge in [0.2, 0.25) is 15.8 Å². The van der Waals surface area contributed by atoms with E-state index in [2.05, 4.69) is 16.0 Å². The minimum atomic E-state index is -3.32. The van der Waals surface area contributed by atoms with Crippen LogP contribution in [0, 0.1) is 13.8 Å². The second kappa shape index (κ2) is 9.06. The Balaban J connectivity index is 1.63. The summed E-state index contributed by atoms with van der Waals surface area (Å²) in [5.74, 6) is 0.434. The van der Waals surface area contributed by atoms with Gasteiger partial charge in [0, 0.05) is 35.4 Å². The number of rotatable bonds is 9. The number of thiophene rings is 1. The number of carbonyl (C=O) groups excluding carboxylic acids is 1. The van der Waals surface area contributed by atoms with Gasteiger partial charge in [0.15, 0.2) is 6.61 Å². The monoisotopic (exact) mass is 446 g/mol. The molecule has 0 saturated heterocycles. The molecular formula is C22H26N2O4S2. The van der Waals surface area contributed by atoms with Crippen molar-refractivity contribution in [3.8, 4) is 5.75 Å². The molecular weight excluding hydrogens is 420 g/mol. The quantitative estimate of drug-likeness (QED) is 0.465. The van der Waals surface area contributed by atoms with Crippen molar-refractivity contribution in [1.29, 1.82) is 0 Å². The van der Waals surface area contributed by atoms with Crippen LogP contribution in [0.5, 0.6) is 5.75 Å². The molecule has 0 amide bonds. The lowest BCUT2D eigenvalue weighted by Gasteiger charge is -2.16. The molecule has 0 radical (unpaired) electrons. The van der Waals surface area contributed by atoms with E-state index in [0.29, 0.717) is 17.0 Å². The Kier molecular flexibility index (Phi) is 6.67. The number of sulfonamides is 1. The fourth-order valence-corrected chi connectivity index (χ4v) is 4.48. The molecule has 3 aromatic rings. The molecule has 0 bridgehead atoms. The fourth-order valence-electron chi connectivity index (χ4n) is 3.27. The molecule has 0 aliphatic rings. The molecule has 1 aromatic carbocycles. The second-order valence-corrected chi connectivity index (χ2v) is 10.2. The predicted octanol–water partition coefficient (Wildman–Crippen LogP) is 4.07. The Hall–Kier alpha value is -2.58. The number of nitrogens with zero attached hydrogens (tertiary/aromatic N) is 2. The van der Waals surface area contributed by atoms with Crippen LogP contribution in [0.2, 0.25) is 0 Å². The standard InChI is InChI=1S/C22H26N2O4S2/c1-16-14-21(17(2)24(16)12-11-20-6-5-13-29-20)22(25)15-28-19-9-7-18(8-10-19)23(3)30(4,26)27/h5-10,13-14H,11-12,15H2,1-4H3. The van der Waals surface area contributed by atoms with Gasteiger partial charge in [-0.3, -0.25) is 9.10 Å². The van der Waals surface area contributed by atoms with Gasteiger partial charge in [0.25, 0.3) is 0 Å². The van der Waals surface area contributed by atoms with Gasteiger partial charge in [-0.25, -0.2) is 8.42 Å². The molecule has 2 aromatic heterocycles. The van der Waals surface area contributed by atoms with E-state index in [4.69, 9.17) is 4.74 Å². The Morgan fingerprint density at radius 3 is 2.47 bits per heavy atom. The van der Waals surface area contributed by atoms with E-state index in [-0.39, 0.29) is 12.4 Å². The molecule has 3 rings (SSSR count). The number of carbonyl (C=O) groups is 1. The third kappa shape index (κ3) is 5.12. The van der Waals surface area contributed by atoms with Crippen molar-refractivity contribution in [3.05, 3.63) is 69.7 Å². The fraction of sp³-hybridized carbons (Fsp3) is 0.318. The van der Waals surface area contributed by atoms with Crippen LogP contribution in [-0.4, -0.2) is 38.7 Å². The highest BCUT2D eigenvalue weighted by molar-refractivity contribution is 7.92. The van der Waals surface area contributed by atoms with Gasteiger partial charge in [-0.05, 0) is 62.0 Å². The van der Waals surface area contributed by atoms with Gasteiger partial charge in [-0.1, -0.05) is 6.07 Å². The predicted molar refractivity (Wildman–Crippen MR) is 121 cm³/mol. The molecule has 0 atom stereocenters. The van der Waals surface area contributed by atoms with Gasteiger partial charge >= 0.3 is 0 Å². The molecule has 160 valence electrons. The number of ether oxygens (including phenoxy) is 1. The number of aryl methyl sites for hydroxylation is 2. The molecule has 0 aliphatic heterocycles. The van der Waals surface area contributed by atoms with Crippen molar-refractivity contribution >= 4 is 32.8 Å². The Morgan fingerprint density at radius 1 is 1.17 bits per heavy atom. The number of ketones is 1. The van der Waals surface area contributed by atoms with Crippen molar-refractivity contribution in [2.75, 3.05) is 24.2 Å². The molecule has 0 spiro atoms. The van der Waals surface area contributed by atoms with Crippen LogP contribution in [0.4, 0.5) is 5.69 Å². The van der Waals surface area contributed by atoms with Crippen LogP contribution in [0.3, 0.4) is 0 Å². The van der Waals surface area contributed by atoms with Crippen molar-refractivity contribution in [2.24, 2.45) is 0 Å². The Labute approximate surface area is 181 Å². The highest BCUT2D eigenvalue weighted by Gasteiger charge is 2.17. The first-order valence-corrected chi connectivity index (χ1v) is 12.3. The summed E-state index contributed by atoms with van der Waals surface area (Å²) in [4.78, 5) is 14.0. The maximum Gasteiger partial charge on any atom is 0.231 e. The highest BCUT2D eigenvalue weighted by Crippen LogP contribution is 2.22. The summed E-state index contributed by atoms with van der Waals surface area (Å²) in [6.07, 6.45) is 2.08. The van der Waals surface area contributed by atoms with Crippen LogP contribution >= 0.6 is 11.3 Å². The molecule has 2 heterocycles. The van der Waals surface area contributed by atoms with E-state index in [9.17, 15) is 13.2 Å². The number of hydrogen-bond donors (Lipinski definition) is 0. The van der Waals surface area contributed by atoms with Gasteiger partial charge in [0.05, 0.1) is 11.9 Å². The molecule has 0 unspecified atom stereocenters. The van der Waals surface area contributed by atoms with Crippen LogP contribution in [-0.2, 0) is 23.0 Å². The van der Waals surface area contributed by atoms with Gasteiger partial charge < -0.3 is 9.30 Å². The average Bonchev–Trinajstić information content (AvgIpc) is 3.32. The van der Waals surface area contributed by atoms with E-state index in [0.717, 1.165) is 30.6 Å². The maximum absolute atomic E-state index is 12.7. The normalized spacial score (nSPS) is 11.5. The molecule has 0 aliphatic carbocycles. The first-order chi connectivity index (χ1) is 14.2. The summed E-state index contributed by atoms with van der Waals surface area (Å²) in [6.45, 7) is 4.73. The molecule has 0 N–H and O–H groups in total. The first-order valence-electron chi connectivity index (χ1n) is 9.56. The van der Waals surface area contributed by atoms with Crippen molar-refractivity contribution in [2.45, 2.75) is 26.8 Å². The SMILES string of the molecule is Cc1cc(C(=O)COc2ccc(N(C)S(C)(=O)=O)cc2)c(C)n1CCc1cccs1. The van der Waals surface area contributed by atoms with E-state index in [1.165, 1.54) is 16.2 Å². The van der Waals surface area contributed by atoms with Crippen molar-refractivity contribution < 1.29 is 17.9 Å². The van der Waals surface area contributed by atoms with Crippen LogP contribution in [0.15, 0.2) is 47.8 Å². The highest BCUT2D eigenvalue weighted by atomic mass is 32.2. The number of hydrogen-bond acceptors (Lipinski definition) is 5. The van der Waals surface area contributed by atoms with Crippen molar-refractivity contribution in [3.63, 3.8) is 0 Å². The number of benzene rings is 1. The average molecular weight is 447 g/mol. The first kappa shape index (κ1) is 22.1. The van der Waals surface area contributed by atoms with E-state index in [1.54, 1.807) is 35.6 Å². The van der Waals surface area contributed by atoms with Crippen LogP contribution in [0.1, 0.15) is 26.6 Å². The lowest BCUT2D eigenvalue weighted by molar-refractivity contribution is 0.0921. The minimum absolute atomic E-state index is 0.0729. The van der Waals surface area contributed by atoms with Crippen LogP contribution < -0.4 is 9.04 Å². The van der Waals surface area contributed by atoms with Crippen LogP contribution in [0.25, 0.3) is 0 Å². The summed E-state index contributed by atoms with van der Waals surface area (Å²) in [6, 6.07) is 12.7. The molecule has 0 fully saturated rings. The van der Waals surface area contributed by atoms with Gasteiger partial charge in [0.1, 0.15) is 5.75 Å². The summed E-state index contributed by atoms with van der Waals surface area (Å²) < 4.78 is 32.2. The molecule has 30 heavy (non-hydrogen) atoms. The summed E-state index contributed by atoms with van der Waals surface area (Å²) in [5.41, 5.74) is 3.21. The van der Waals surface area contributed by atoms with E-state index >= 15 is 0 Å². The number of Topliss-reactive ketones (excluding diaryl/α,β-unsaturated/α-hetero) is 1. The lowest BCUT2D eigenvalue weighted by atomic mass is 10.1. The smallest absolute Gasteiger partial charge is 0.231 e. The van der Waals surface area contributed by atoms with E-state index < -0.39 is 10.0 Å². The largest absolute Gasteiger partial charge is 0.485 e. The third-order valence-corrected chi connectivity index (χ3v) is 7.25. The Bertz CT molecular complexity index is 1110. The summed E-state index contributed by atoms with van der Waals surface area (Å²) in [5, 5.41) is 2.07. The number of aromatic nitrogens is 1. The minimum Gasteiger partial charge on any atom is -0.485 e. The second-order valence-electron chi connectivity index (χ2n) is 7.20. The zero-order chi connectivity index (χ0) is 21.9. The zero-order valence-electron chi connectivity index (χ0n) is 17.6. The van der Waals surface area contributed by atoms with Crippen molar-refractivity contribution in [1.82, 2.24) is 4.57 Å². The van der Waals surface area contributed by atoms with E-state index in [1.807, 2.05) is 26.0 Å². The molecule has 8 heteroatoms. The number of anilines is 1. The molecule has 6 nitrogen and oxygen atoms in total. The molecule has 0 saturated carbocycles. The maximum atomic E-state index is 12.7. The topological polar surface area (TPSA) is 68.6 Å². The zero-order valence-corrected chi connectivity index (χ0v) is 19.2. The third-order valence-electron chi connectivity index (χ3n) is 5.10. The summed E-state index contributed by atoms with van der Waals surface area (Å²) in [7, 11) is -1.83. The summed E-state index contributed by atoms with van der Waals surface area (Å²) >= 11 is 1.74. The van der Waals surface area contributed by atoms with Gasteiger partial charge in [-0.2, -0.15) is 0 Å². The van der Waals surface area contributed by atoms with Gasteiger partial charge in [-0.15, -0.1) is 11.3 Å². The Morgan fingerprint density at radius 2 is 1.87 bits per heavy atom.